The van der Waals surface area contributed by atoms with Crippen LogP contribution in [0.25, 0.3) is 11.3 Å². The van der Waals surface area contributed by atoms with E-state index >= 15 is 0 Å². The smallest absolute Gasteiger partial charge is 0.104 e. The second-order valence-electron chi connectivity index (χ2n) is 4.24. The van der Waals surface area contributed by atoms with Gasteiger partial charge >= 0.3 is 0 Å². The molecule has 0 aliphatic heterocycles. The quantitative estimate of drug-likeness (QED) is 0.539. The van der Waals surface area contributed by atoms with E-state index in [-0.39, 0.29) is 0 Å². The normalized spacial score (nSPS) is 10.7. The maximum atomic E-state index is 4.71. The molecule has 100 valence electrons. The van der Waals surface area contributed by atoms with E-state index in [9.17, 15) is 0 Å². The molecule has 0 atom stereocenters. The number of thiazole rings is 1. The van der Waals surface area contributed by atoms with Gasteiger partial charge in [0.2, 0.25) is 0 Å². The van der Waals surface area contributed by atoms with Crippen LogP contribution in [-0.2, 0) is 5.75 Å². The molecule has 1 aromatic heterocycles. The molecule has 2 aromatic carbocycles. The van der Waals surface area contributed by atoms with Crippen molar-refractivity contribution in [2.24, 2.45) is 0 Å². The summed E-state index contributed by atoms with van der Waals surface area (Å²) in [6.45, 7) is 0. The zero-order valence-electron chi connectivity index (χ0n) is 10.6. The fourth-order valence-corrected chi connectivity index (χ4v) is 3.80. The van der Waals surface area contributed by atoms with Crippen LogP contribution in [0.5, 0.6) is 0 Å². The average Bonchev–Trinajstić information content (AvgIpc) is 2.96. The van der Waals surface area contributed by atoms with Crippen LogP contribution in [0, 0.1) is 0 Å². The monoisotopic (exact) mass is 361 g/mol. The summed E-state index contributed by atoms with van der Waals surface area (Å²) >= 11 is 7.00. The van der Waals surface area contributed by atoms with E-state index in [1.54, 1.807) is 11.3 Å². The van der Waals surface area contributed by atoms with Crippen LogP contribution in [-0.4, -0.2) is 4.98 Å². The molecule has 1 heterocycles. The first-order valence-electron chi connectivity index (χ1n) is 6.19. The predicted octanol–water partition coefficient (Wildman–Crippen LogP) is 5.86. The third kappa shape index (κ3) is 3.51. The number of rotatable bonds is 4. The second-order valence-corrected chi connectivity index (χ2v) is 7.14. The van der Waals surface area contributed by atoms with Crippen molar-refractivity contribution in [3.8, 4) is 11.3 Å². The van der Waals surface area contributed by atoms with Crippen molar-refractivity contribution < 1.29 is 0 Å². The number of nitrogens with zero attached hydrogens (tertiary/aromatic N) is 1. The van der Waals surface area contributed by atoms with Crippen LogP contribution in [0.3, 0.4) is 0 Å². The number of hydrogen-bond donors (Lipinski definition) is 0. The molecule has 0 unspecified atom stereocenters. The topological polar surface area (TPSA) is 12.9 Å². The maximum Gasteiger partial charge on any atom is 0.104 e. The average molecular weight is 362 g/mol. The summed E-state index contributed by atoms with van der Waals surface area (Å²) in [6, 6.07) is 18.7. The van der Waals surface area contributed by atoms with Crippen LogP contribution in [0.1, 0.15) is 5.01 Å². The molecule has 0 aliphatic rings. The summed E-state index contributed by atoms with van der Waals surface area (Å²) in [5.74, 6) is 0.922. The Labute approximate surface area is 135 Å². The Morgan fingerprint density at radius 1 is 1.00 bits per heavy atom. The Hall–Kier alpha value is -1.10. The van der Waals surface area contributed by atoms with Crippen LogP contribution < -0.4 is 0 Å². The molecule has 0 aliphatic carbocycles. The van der Waals surface area contributed by atoms with Gasteiger partial charge in [-0.1, -0.05) is 46.3 Å². The summed E-state index contributed by atoms with van der Waals surface area (Å²) in [7, 11) is 0. The van der Waals surface area contributed by atoms with Gasteiger partial charge < -0.3 is 0 Å². The molecule has 0 saturated carbocycles. The lowest BCUT2D eigenvalue weighted by Crippen LogP contribution is -1.81. The van der Waals surface area contributed by atoms with Crippen LogP contribution in [0.2, 0.25) is 0 Å². The Balaban J connectivity index is 1.69. The highest BCUT2D eigenvalue weighted by molar-refractivity contribution is 9.10. The van der Waals surface area contributed by atoms with Gasteiger partial charge in [0.1, 0.15) is 5.01 Å². The van der Waals surface area contributed by atoms with Crippen molar-refractivity contribution in [2.45, 2.75) is 10.6 Å². The fourth-order valence-electron chi connectivity index (χ4n) is 1.79. The molecular weight excluding hydrogens is 350 g/mol. The molecule has 0 amide bonds. The van der Waals surface area contributed by atoms with E-state index in [0.717, 1.165) is 20.9 Å². The Morgan fingerprint density at radius 2 is 1.75 bits per heavy atom. The highest BCUT2D eigenvalue weighted by Crippen LogP contribution is 2.28. The molecule has 0 N–H and O–H groups in total. The second kappa shape index (κ2) is 6.57. The number of halogens is 1. The van der Waals surface area contributed by atoms with Gasteiger partial charge in [0.25, 0.3) is 0 Å². The summed E-state index contributed by atoms with van der Waals surface area (Å²) in [6.07, 6.45) is 0. The van der Waals surface area contributed by atoms with Crippen molar-refractivity contribution in [3.05, 3.63) is 69.5 Å². The summed E-state index contributed by atoms with van der Waals surface area (Å²) in [5, 5.41) is 3.29. The number of thioether (sulfide) groups is 1. The zero-order valence-corrected chi connectivity index (χ0v) is 13.8. The van der Waals surface area contributed by atoms with E-state index in [2.05, 4.69) is 57.7 Å². The van der Waals surface area contributed by atoms with Gasteiger partial charge in [0.05, 0.1) is 11.4 Å². The molecule has 0 spiro atoms. The van der Waals surface area contributed by atoms with Crippen LogP contribution >= 0.6 is 39.0 Å². The van der Waals surface area contributed by atoms with E-state index in [4.69, 9.17) is 4.98 Å². The van der Waals surface area contributed by atoms with Crippen molar-refractivity contribution >= 4 is 39.0 Å². The highest BCUT2D eigenvalue weighted by Gasteiger charge is 2.05. The first kappa shape index (κ1) is 13.9. The Bertz CT molecular complexity index is 677. The van der Waals surface area contributed by atoms with Crippen molar-refractivity contribution in [1.29, 1.82) is 0 Å². The molecular formula is C16H12BrNS2. The van der Waals surface area contributed by atoms with Crippen molar-refractivity contribution in [3.63, 3.8) is 0 Å². The van der Waals surface area contributed by atoms with Crippen LogP contribution in [0.15, 0.2) is 69.3 Å². The number of hydrogen-bond acceptors (Lipinski definition) is 3. The predicted molar refractivity (Wildman–Crippen MR) is 91.3 cm³/mol. The lowest BCUT2D eigenvalue weighted by Gasteiger charge is -1.98. The first-order valence-corrected chi connectivity index (χ1v) is 8.85. The van der Waals surface area contributed by atoms with Gasteiger partial charge in [-0.2, -0.15) is 0 Å². The van der Waals surface area contributed by atoms with Gasteiger partial charge in [0.15, 0.2) is 0 Å². The minimum absolute atomic E-state index is 0.922. The standard InChI is InChI=1S/C16H12BrNS2/c17-13-8-6-12(7-9-13)15-10-20-16(18-15)11-19-14-4-2-1-3-5-14/h1-10H,11H2. The minimum atomic E-state index is 0.922. The molecule has 3 aromatic rings. The summed E-state index contributed by atoms with van der Waals surface area (Å²) in [5.41, 5.74) is 2.23. The van der Waals surface area contributed by atoms with Crippen LogP contribution in [0.4, 0.5) is 0 Å². The first-order chi connectivity index (χ1) is 9.81. The third-order valence-electron chi connectivity index (χ3n) is 2.80. The van der Waals surface area contributed by atoms with Gasteiger partial charge in [-0.15, -0.1) is 23.1 Å². The molecule has 1 nitrogen and oxygen atoms in total. The zero-order chi connectivity index (χ0) is 13.8. The molecule has 0 saturated heterocycles. The molecule has 0 bridgehead atoms. The minimum Gasteiger partial charge on any atom is -0.240 e. The van der Waals surface area contributed by atoms with E-state index in [1.165, 1.54) is 10.5 Å². The van der Waals surface area contributed by atoms with Crippen molar-refractivity contribution in [2.75, 3.05) is 0 Å². The summed E-state index contributed by atoms with van der Waals surface area (Å²) in [4.78, 5) is 5.99. The maximum absolute atomic E-state index is 4.71. The lowest BCUT2D eigenvalue weighted by molar-refractivity contribution is 1.26. The Kier molecular flexibility index (Phi) is 4.55. The number of benzene rings is 2. The SMILES string of the molecule is Brc1ccc(-c2csc(CSc3ccccc3)n2)cc1. The van der Waals surface area contributed by atoms with Gasteiger partial charge in [-0.05, 0) is 24.3 Å². The highest BCUT2D eigenvalue weighted by atomic mass is 79.9. The van der Waals surface area contributed by atoms with E-state index in [1.807, 2.05) is 30.0 Å². The van der Waals surface area contributed by atoms with E-state index < -0.39 is 0 Å². The number of aromatic nitrogens is 1. The van der Waals surface area contributed by atoms with Gasteiger partial charge in [-0.25, -0.2) is 4.98 Å². The summed E-state index contributed by atoms with van der Waals surface area (Å²) < 4.78 is 1.09. The molecule has 3 rings (SSSR count). The molecule has 0 fully saturated rings. The van der Waals surface area contributed by atoms with Gasteiger partial charge in [0, 0.05) is 20.3 Å². The third-order valence-corrected chi connectivity index (χ3v) is 5.38. The van der Waals surface area contributed by atoms with Gasteiger partial charge in [-0.3, -0.25) is 0 Å². The Morgan fingerprint density at radius 3 is 2.50 bits per heavy atom. The fraction of sp³-hybridized carbons (Fsp3) is 0.0625. The molecule has 20 heavy (non-hydrogen) atoms. The lowest BCUT2D eigenvalue weighted by atomic mass is 10.2. The molecule has 4 heteroatoms. The molecule has 0 radical (unpaired) electrons. The largest absolute Gasteiger partial charge is 0.240 e. The van der Waals surface area contributed by atoms with E-state index in [0.29, 0.717) is 0 Å². The van der Waals surface area contributed by atoms with Crippen molar-refractivity contribution in [1.82, 2.24) is 4.98 Å².